The summed E-state index contributed by atoms with van der Waals surface area (Å²) in [5, 5.41) is 14.4. The number of nitrogens with one attached hydrogen (secondary N) is 2. The SMILES string of the molecule is CC(C)C(=O)CN(C)C(=O)CCCNc1cc(C(=O)NCCC(=O)O)cc(C(=O)C(C)C)c1. The van der Waals surface area contributed by atoms with Crippen LogP contribution in [0.25, 0.3) is 0 Å². The molecule has 0 saturated heterocycles. The van der Waals surface area contributed by atoms with Crippen LogP contribution in [-0.2, 0) is 14.4 Å². The van der Waals surface area contributed by atoms with E-state index in [0.29, 0.717) is 24.2 Å². The maximum absolute atomic E-state index is 12.5. The van der Waals surface area contributed by atoms with Crippen molar-refractivity contribution < 1.29 is 29.1 Å². The van der Waals surface area contributed by atoms with Gasteiger partial charge in [0.1, 0.15) is 0 Å². The van der Waals surface area contributed by atoms with E-state index in [-0.39, 0.29) is 60.8 Å². The fourth-order valence-corrected chi connectivity index (χ4v) is 2.89. The van der Waals surface area contributed by atoms with E-state index in [2.05, 4.69) is 10.6 Å². The van der Waals surface area contributed by atoms with Crippen molar-refractivity contribution in [2.75, 3.05) is 32.0 Å². The molecule has 0 aliphatic carbocycles. The summed E-state index contributed by atoms with van der Waals surface area (Å²) in [6, 6.07) is 4.74. The van der Waals surface area contributed by atoms with Crippen LogP contribution in [0.15, 0.2) is 18.2 Å². The van der Waals surface area contributed by atoms with E-state index in [0.717, 1.165) is 0 Å². The molecule has 0 aliphatic heterocycles. The summed E-state index contributed by atoms with van der Waals surface area (Å²) in [4.78, 5) is 61.0. The fraction of sp³-hybridized carbons (Fsp3) is 0.542. The van der Waals surface area contributed by atoms with Crippen LogP contribution in [0.5, 0.6) is 0 Å². The predicted octanol–water partition coefficient (Wildman–Crippen LogP) is 2.61. The molecule has 0 unspecified atom stereocenters. The Morgan fingerprint density at radius 1 is 0.909 bits per heavy atom. The first-order valence-corrected chi connectivity index (χ1v) is 11.1. The van der Waals surface area contributed by atoms with Gasteiger partial charge in [0, 0.05) is 55.2 Å². The van der Waals surface area contributed by atoms with Gasteiger partial charge in [0.05, 0.1) is 13.0 Å². The minimum absolute atomic E-state index is 0.00442. The van der Waals surface area contributed by atoms with E-state index >= 15 is 0 Å². The van der Waals surface area contributed by atoms with Crippen LogP contribution in [0.1, 0.15) is 67.7 Å². The lowest BCUT2D eigenvalue weighted by Gasteiger charge is -2.18. The number of carbonyl (C=O) groups excluding carboxylic acids is 4. The highest BCUT2D eigenvalue weighted by molar-refractivity contribution is 6.02. The zero-order valence-corrected chi connectivity index (χ0v) is 20.1. The molecule has 1 rings (SSSR count). The van der Waals surface area contributed by atoms with Crippen molar-refractivity contribution in [2.45, 2.75) is 47.0 Å². The molecule has 9 nitrogen and oxygen atoms in total. The fourth-order valence-electron chi connectivity index (χ4n) is 2.89. The molecule has 0 radical (unpaired) electrons. The summed E-state index contributed by atoms with van der Waals surface area (Å²) >= 11 is 0. The van der Waals surface area contributed by atoms with Crippen LogP contribution in [0.3, 0.4) is 0 Å². The van der Waals surface area contributed by atoms with Crippen molar-refractivity contribution in [3.63, 3.8) is 0 Å². The van der Waals surface area contributed by atoms with E-state index in [4.69, 9.17) is 5.11 Å². The van der Waals surface area contributed by atoms with E-state index in [1.165, 1.54) is 11.0 Å². The molecule has 1 aromatic carbocycles. The van der Waals surface area contributed by atoms with Crippen molar-refractivity contribution in [1.82, 2.24) is 10.2 Å². The lowest BCUT2D eigenvalue weighted by molar-refractivity contribution is -0.136. The first kappa shape index (κ1) is 27.8. The number of benzene rings is 1. The maximum Gasteiger partial charge on any atom is 0.305 e. The molecule has 3 N–H and O–H groups in total. The number of carbonyl (C=O) groups is 5. The number of amides is 2. The van der Waals surface area contributed by atoms with Gasteiger partial charge in [-0.1, -0.05) is 27.7 Å². The highest BCUT2D eigenvalue weighted by atomic mass is 16.4. The van der Waals surface area contributed by atoms with Gasteiger partial charge in [0.2, 0.25) is 5.91 Å². The van der Waals surface area contributed by atoms with Gasteiger partial charge in [-0.2, -0.15) is 0 Å². The van der Waals surface area contributed by atoms with Gasteiger partial charge < -0.3 is 20.6 Å². The number of ketones is 2. The number of hydrogen-bond donors (Lipinski definition) is 3. The maximum atomic E-state index is 12.5. The molecule has 0 fully saturated rings. The minimum Gasteiger partial charge on any atom is -0.481 e. The third kappa shape index (κ3) is 9.84. The van der Waals surface area contributed by atoms with E-state index < -0.39 is 11.9 Å². The molecule has 0 heterocycles. The van der Waals surface area contributed by atoms with Crippen LogP contribution in [-0.4, -0.2) is 66.0 Å². The van der Waals surface area contributed by atoms with Gasteiger partial charge in [-0.25, -0.2) is 0 Å². The molecule has 182 valence electrons. The largest absolute Gasteiger partial charge is 0.481 e. The molecule has 0 saturated carbocycles. The van der Waals surface area contributed by atoms with Gasteiger partial charge in [-0.3, -0.25) is 24.0 Å². The molecule has 0 aliphatic rings. The number of anilines is 1. The van der Waals surface area contributed by atoms with Gasteiger partial charge in [-0.15, -0.1) is 0 Å². The Kier molecular flexibility index (Phi) is 11.2. The second kappa shape index (κ2) is 13.3. The molecule has 0 bridgehead atoms. The van der Waals surface area contributed by atoms with Crippen LogP contribution >= 0.6 is 0 Å². The summed E-state index contributed by atoms with van der Waals surface area (Å²) in [5.74, 6) is -2.12. The second-order valence-corrected chi connectivity index (χ2v) is 8.62. The first-order chi connectivity index (χ1) is 15.4. The number of likely N-dealkylation sites (N-methyl/N-ethyl adjacent to an activating group) is 1. The quantitative estimate of drug-likeness (QED) is 0.286. The van der Waals surface area contributed by atoms with E-state index in [9.17, 15) is 24.0 Å². The molecule has 9 heteroatoms. The molecule has 2 amide bonds. The van der Waals surface area contributed by atoms with Gasteiger partial charge in [0.15, 0.2) is 11.6 Å². The zero-order chi connectivity index (χ0) is 25.1. The van der Waals surface area contributed by atoms with E-state index in [1.807, 2.05) is 0 Å². The lowest BCUT2D eigenvalue weighted by atomic mass is 9.98. The molecule has 0 spiro atoms. The Morgan fingerprint density at radius 2 is 1.55 bits per heavy atom. The Bertz CT molecular complexity index is 879. The lowest BCUT2D eigenvalue weighted by Crippen LogP contribution is -2.33. The second-order valence-electron chi connectivity index (χ2n) is 8.62. The average molecular weight is 462 g/mol. The topological polar surface area (TPSA) is 133 Å². The Labute approximate surface area is 194 Å². The number of Topliss-reactive ketones (excluding diaryl/α,β-unsaturated/α-hetero) is 2. The molecule has 0 aromatic heterocycles. The monoisotopic (exact) mass is 461 g/mol. The number of carboxylic acids is 1. The Morgan fingerprint density at radius 3 is 2.12 bits per heavy atom. The van der Waals surface area contributed by atoms with Crippen molar-refractivity contribution in [3.05, 3.63) is 29.3 Å². The first-order valence-electron chi connectivity index (χ1n) is 11.1. The number of nitrogens with zero attached hydrogens (tertiary/aromatic N) is 1. The molecular weight excluding hydrogens is 426 g/mol. The smallest absolute Gasteiger partial charge is 0.305 e. The van der Waals surface area contributed by atoms with Crippen LogP contribution in [0.4, 0.5) is 5.69 Å². The number of rotatable bonds is 14. The van der Waals surface area contributed by atoms with E-state index in [1.54, 1.807) is 46.9 Å². The summed E-state index contributed by atoms with van der Waals surface area (Å²) in [6.07, 6.45) is 0.552. The van der Waals surface area contributed by atoms with Gasteiger partial charge in [0.25, 0.3) is 5.91 Å². The molecule has 33 heavy (non-hydrogen) atoms. The zero-order valence-electron chi connectivity index (χ0n) is 20.1. The summed E-state index contributed by atoms with van der Waals surface area (Å²) < 4.78 is 0. The standard InChI is InChI=1S/C24H35N3O6/c1-15(2)20(28)14-27(5)21(29)7-6-9-25-19-12-17(23(32)16(3)4)11-18(13-19)24(33)26-10-8-22(30)31/h11-13,15-16,25H,6-10,14H2,1-5H3,(H,26,33)(H,30,31). The highest BCUT2D eigenvalue weighted by Crippen LogP contribution is 2.19. The minimum atomic E-state index is -1.02. The molecule has 1 aromatic rings. The molecule has 0 atom stereocenters. The summed E-state index contributed by atoms with van der Waals surface area (Å²) in [7, 11) is 1.60. The summed E-state index contributed by atoms with van der Waals surface area (Å²) in [6.45, 7) is 7.62. The van der Waals surface area contributed by atoms with Crippen LogP contribution in [0.2, 0.25) is 0 Å². The van der Waals surface area contributed by atoms with Gasteiger partial charge >= 0.3 is 5.97 Å². The Hall–Kier alpha value is -3.23. The summed E-state index contributed by atoms with van der Waals surface area (Å²) in [5.41, 5.74) is 1.18. The predicted molar refractivity (Wildman–Crippen MR) is 125 cm³/mol. The third-order valence-electron chi connectivity index (χ3n) is 4.99. The Balaban J connectivity index is 2.78. The number of carboxylic acid groups (broad SMARTS) is 1. The van der Waals surface area contributed by atoms with Gasteiger partial charge in [-0.05, 0) is 24.6 Å². The van der Waals surface area contributed by atoms with Crippen molar-refractivity contribution >= 4 is 35.0 Å². The molecular formula is C24H35N3O6. The van der Waals surface area contributed by atoms with Crippen LogP contribution in [0, 0.1) is 11.8 Å². The number of hydrogen-bond acceptors (Lipinski definition) is 6. The van der Waals surface area contributed by atoms with Crippen LogP contribution < -0.4 is 10.6 Å². The van der Waals surface area contributed by atoms with Crippen molar-refractivity contribution in [3.8, 4) is 0 Å². The average Bonchev–Trinajstić information content (AvgIpc) is 2.75. The third-order valence-corrected chi connectivity index (χ3v) is 4.99. The normalized spacial score (nSPS) is 10.8. The van der Waals surface area contributed by atoms with Crippen molar-refractivity contribution in [2.24, 2.45) is 11.8 Å². The highest BCUT2D eigenvalue weighted by Gasteiger charge is 2.17. The number of aliphatic carboxylic acids is 1. The van der Waals surface area contributed by atoms with Crippen molar-refractivity contribution in [1.29, 1.82) is 0 Å².